The molecule has 1 amide bonds. The maximum Gasteiger partial charge on any atom is 0.416 e. The van der Waals surface area contributed by atoms with Crippen LogP contribution in [0.2, 0.25) is 0 Å². The lowest BCUT2D eigenvalue weighted by Crippen LogP contribution is -2.46. The fraction of sp³-hybridized carbons (Fsp3) is 0.562. The van der Waals surface area contributed by atoms with E-state index in [-0.39, 0.29) is 19.3 Å². The number of hydrogen-bond acceptors (Lipinski definition) is 1. The van der Waals surface area contributed by atoms with Crippen molar-refractivity contribution in [2.45, 2.75) is 44.5 Å². The van der Waals surface area contributed by atoms with Gasteiger partial charge in [0.25, 0.3) is 0 Å². The number of rotatable bonds is 4. The molecule has 2 rings (SSSR count). The van der Waals surface area contributed by atoms with Crippen LogP contribution in [0.15, 0.2) is 24.3 Å². The second-order valence-corrected chi connectivity index (χ2v) is 6.13. The van der Waals surface area contributed by atoms with Gasteiger partial charge < -0.3 is 5.32 Å². The lowest BCUT2D eigenvalue weighted by molar-refractivity contribution is -0.220. The van der Waals surface area contributed by atoms with Crippen molar-refractivity contribution in [2.24, 2.45) is 5.41 Å². The molecule has 1 aliphatic rings. The van der Waals surface area contributed by atoms with E-state index in [9.17, 15) is 31.1 Å². The van der Waals surface area contributed by atoms with Gasteiger partial charge in [0.15, 0.2) is 0 Å². The molecule has 8 heteroatoms. The highest BCUT2D eigenvalue weighted by atomic mass is 19.4. The van der Waals surface area contributed by atoms with Crippen molar-refractivity contribution in [3.05, 3.63) is 35.4 Å². The zero-order chi connectivity index (χ0) is 18.0. The van der Waals surface area contributed by atoms with Gasteiger partial charge in [-0.15, -0.1) is 0 Å². The molecular formula is C16H17F6NO. The van der Waals surface area contributed by atoms with E-state index in [1.165, 1.54) is 0 Å². The van der Waals surface area contributed by atoms with Gasteiger partial charge in [-0.25, -0.2) is 0 Å². The summed E-state index contributed by atoms with van der Waals surface area (Å²) in [6.45, 7) is -0.490. The molecule has 1 aliphatic carbocycles. The summed E-state index contributed by atoms with van der Waals surface area (Å²) in [5.74, 6) is -0.634. The largest absolute Gasteiger partial charge is 0.416 e. The fourth-order valence-electron chi connectivity index (χ4n) is 2.94. The quantitative estimate of drug-likeness (QED) is 0.794. The van der Waals surface area contributed by atoms with Gasteiger partial charge in [-0.1, -0.05) is 25.0 Å². The molecule has 0 heterocycles. The minimum atomic E-state index is -4.47. The third-order valence-corrected chi connectivity index (χ3v) is 4.43. The van der Waals surface area contributed by atoms with Crippen LogP contribution < -0.4 is 5.32 Å². The summed E-state index contributed by atoms with van der Waals surface area (Å²) in [6.07, 6.45) is -8.21. The van der Waals surface area contributed by atoms with Crippen molar-refractivity contribution in [1.82, 2.24) is 5.32 Å². The fourth-order valence-corrected chi connectivity index (χ4v) is 2.94. The van der Waals surface area contributed by atoms with Crippen LogP contribution in [-0.4, -0.2) is 18.6 Å². The molecule has 0 unspecified atom stereocenters. The van der Waals surface area contributed by atoms with Crippen molar-refractivity contribution in [3.63, 3.8) is 0 Å². The topological polar surface area (TPSA) is 29.1 Å². The molecule has 0 aromatic heterocycles. The van der Waals surface area contributed by atoms with Crippen LogP contribution in [0.4, 0.5) is 26.3 Å². The minimum Gasteiger partial charge on any atom is -0.355 e. The lowest BCUT2D eigenvalue weighted by atomic mass is 9.85. The molecule has 0 spiro atoms. The molecule has 1 N–H and O–H groups in total. The first-order valence-corrected chi connectivity index (χ1v) is 7.53. The van der Waals surface area contributed by atoms with Crippen LogP contribution in [0, 0.1) is 5.41 Å². The number of carbonyl (C=O) groups excluding carboxylic acids is 1. The summed E-state index contributed by atoms with van der Waals surface area (Å²) in [5.41, 5.74) is -2.41. The third kappa shape index (κ3) is 4.21. The van der Waals surface area contributed by atoms with Crippen LogP contribution in [0.5, 0.6) is 0 Å². The third-order valence-electron chi connectivity index (χ3n) is 4.43. The second kappa shape index (κ2) is 6.64. The number of benzene rings is 1. The number of carbonyl (C=O) groups is 1. The van der Waals surface area contributed by atoms with E-state index in [4.69, 9.17) is 0 Å². The molecule has 0 saturated heterocycles. The molecule has 1 aromatic carbocycles. The first-order valence-electron chi connectivity index (χ1n) is 7.53. The molecule has 0 radical (unpaired) electrons. The van der Waals surface area contributed by atoms with Crippen LogP contribution in [0.3, 0.4) is 0 Å². The van der Waals surface area contributed by atoms with Gasteiger partial charge in [-0.3, -0.25) is 4.79 Å². The number of alkyl halides is 6. The van der Waals surface area contributed by atoms with Gasteiger partial charge in [-0.05, 0) is 30.5 Å². The average molecular weight is 353 g/mol. The van der Waals surface area contributed by atoms with Crippen LogP contribution >= 0.6 is 0 Å². The van der Waals surface area contributed by atoms with E-state index < -0.39 is 35.8 Å². The van der Waals surface area contributed by atoms with E-state index >= 15 is 0 Å². The first kappa shape index (κ1) is 18.6. The van der Waals surface area contributed by atoms with Crippen molar-refractivity contribution >= 4 is 5.91 Å². The van der Waals surface area contributed by atoms with Crippen molar-refractivity contribution in [1.29, 1.82) is 0 Å². The average Bonchev–Trinajstić information content (AvgIpc) is 2.94. The summed E-state index contributed by atoms with van der Waals surface area (Å²) in [5, 5.41) is 2.28. The Balaban J connectivity index is 1.94. The molecule has 24 heavy (non-hydrogen) atoms. The van der Waals surface area contributed by atoms with Crippen LogP contribution in [0.25, 0.3) is 0 Å². The van der Waals surface area contributed by atoms with Crippen molar-refractivity contribution in [3.8, 4) is 0 Å². The van der Waals surface area contributed by atoms with Gasteiger partial charge in [-0.2, -0.15) is 26.3 Å². The number of halogens is 6. The van der Waals surface area contributed by atoms with E-state index in [0.29, 0.717) is 18.4 Å². The molecule has 2 nitrogen and oxygen atoms in total. The summed E-state index contributed by atoms with van der Waals surface area (Å²) in [4.78, 5) is 11.8. The molecule has 1 fully saturated rings. The standard InChI is InChI=1S/C16H17F6NO/c17-15(18,19)12-5-3-11(4-6-12)9-13(24)23-10-14(16(20,21)22)7-1-2-8-14/h3-6H,1-2,7-10H2,(H,23,24). The Bertz CT molecular complexity index is 570. The second-order valence-electron chi connectivity index (χ2n) is 6.13. The van der Waals surface area contributed by atoms with E-state index in [0.717, 1.165) is 24.3 Å². The molecule has 0 atom stereocenters. The molecular weight excluding hydrogens is 336 g/mol. The maximum absolute atomic E-state index is 13.2. The molecule has 0 bridgehead atoms. The van der Waals surface area contributed by atoms with Gasteiger partial charge in [0.1, 0.15) is 0 Å². The van der Waals surface area contributed by atoms with Gasteiger partial charge in [0, 0.05) is 6.54 Å². The summed E-state index contributed by atoms with van der Waals surface area (Å²) >= 11 is 0. The zero-order valence-corrected chi connectivity index (χ0v) is 12.7. The Morgan fingerprint density at radius 3 is 2.00 bits per heavy atom. The summed E-state index contributed by atoms with van der Waals surface area (Å²) in [7, 11) is 0. The number of hydrogen-bond donors (Lipinski definition) is 1. The number of amides is 1. The Kier molecular flexibility index (Phi) is 5.15. The van der Waals surface area contributed by atoms with Gasteiger partial charge in [0.05, 0.1) is 17.4 Å². The summed E-state index contributed by atoms with van der Waals surface area (Å²) < 4.78 is 76.9. The van der Waals surface area contributed by atoms with E-state index in [1.54, 1.807) is 0 Å². The Morgan fingerprint density at radius 2 is 1.54 bits per heavy atom. The molecule has 1 aromatic rings. The Hall–Kier alpha value is -1.73. The number of nitrogens with one attached hydrogen (secondary N) is 1. The molecule has 1 saturated carbocycles. The normalized spacial score (nSPS) is 17.8. The van der Waals surface area contributed by atoms with Crippen molar-refractivity contribution in [2.75, 3.05) is 6.54 Å². The predicted molar refractivity (Wildman–Crippen MR) is 75.1 cm³/mol. The van der Waals surface area contributed by atoms with Crippen LogP contribution in [-0.2, 0) is 17.4 Å². The maximum atomic E-state index is 13.2. The lowest BCUT2D eigenvalue weighted by Gasteiger charge is -2.31. The zero-order valence-electron chi connectivity index (χ0n) is 12.7. The predicted octanol–water partition coefficient (Wildman–Crippen LogP) is 4.49. The van der Waals surface area contributed by atoms with Crippen molar-refractivity contribution < 1.29 is 31.1 Å². The Morgan fingerprint density at radius 1 is 1.00 bits per heavy atom. The highest BCUT2D eigenvalue weighted by Crippen LogP contribution is 2.49. The summed E-state index contributed by atoms with van der Waals surface area (Å²) in [6, 6.07) is 3.99. The first-order chi connectivity index (χ1) is 11.0. The SMILES string of the molecule is O=C(Cc1ccc(C(F)(F)F)cc1)NCC1(C(F)(F)F)CCCC1. The van der Waals surface area contributed by atoms with Crippen LogP contribution in [0.1, 0.15) is 36.8 Å². The minimum absolute atomic E-state index is 0.0168. The van der Waals surface area contributed by atoms with E-state index in [1.807, 2.05) is 0 Å². The van der Waals surface area contributed by atoms with E-state index in [2.05, 4.69) is 5.32 Å². The monoisotopic (exact) mass is 353 g/mol. The highest BCUT2D eigenvalue weighted by molar-refractivity contribution is 5.78. The highest BCUT2D eigenvalue weighted by Gasteiger charge is 2.55. The smallest absolute Gasteiger partial charge is 0.355 e. The van der Waals surface area contributed by atoms with Gasteiger partial charge in [0.2, 0.25) is 5.91 Å². The Labute approximate surface area is 135 Å². The molecule has 134 valence electrons. The van der Waals surface area contributed by atoms with Gasteiger partial charge >= 0.3 is 12.4 Å². The molecule has 0 aliphatic heterocycles.